The van der Waals surface area contributed by atoms with Crippen molar-refractivity contribution in [3.63, 3.8) is 0 Å². The largest absolute Gasteiger partial charge is 0.469 e. The molecule has 0 saturated carbocycles. The Morgan fingerprint density at radius 2 is 2.00 bits per heavy atom. The first-order chi connectivity index (χ1) is 13.1. The maximum absolute atomic E-state index is 12.1. The van der Waals surface area contributed by atoms with Gasteiger partial charge in [-0.2, -0.15) is 0 Å². The molecule has 7 nitrogen and oxygen atoms in total. The summed E-state index contributed by atoms with van der Waals surface area (Å²) in [4.78, 5) is 30.3. The van der Waals surface area contributed by atoms with Crippen LogP contribution in [0.25, 0.3) is 0 Å². The lowest BCUT2D eigenvalue weighted by atomic mass is 9.97. The number of hydrogen-bond acceptors (Lipinski definition) is 4. The van der Waals surface area contributed by atoms with Crippen LogP contribution in [0, 0.1) is 5.92 Å². The van der Waals surface area contributed by atoms with Crippen molar-refractivity contribution in [2.24, 2.45) is 10.9 Å². The molecule has 148 valence electrons. The van der Waals surface area contributed by atoms with E-state index in [1.807, 2.05) is 31.2 Å². The third kappa shape index (κ3) is 5.98. The van der Waals surface area contributed by atoms with Crippen LogP contribution in [0.15, 0.2) is 29.3 Å². The number of likely N-dealkylation sites (tertiary alicyclic amines) is 1. The van der Waals surface area contributed by atoms with Crippen molar-refractivity contribution in [1.82, 2.24) is 15.5 Å². The molecule has 0 spiro atoms. The highest BCUT2D eigenvalue weighted by atomic mass is 16.5. The molecule has 1 aliphatic heterocycles. The summed E-state index contributed by atoms with van der Waals surface area (Å²) in [5.74, 6) is 0.602. The summed E-state index contributed by atoms with van der Waals surface area (Å²) in [6, 6.07) is 7.60. The summed E-state index contributed by atoms with van der Waals surface area (Å²) in [7, 11) is 3.19. The molecule has 7 heteroatoms. The van der Waals surface area contributed by atoms with Gasteiger partial charge in [0.1, 0.15) is 0 Å². The third-order valence-corrected chi connectivity index (χ3v) is 4.72. The summed E-state index contributed by atoms with van der Waals surface area (Å²) in [6.45, 7) is 4.81. The zero-order valence-electron chi connectivity index (χ0n) is 16.5. The van der Waals surface area contributed by atoms with E-state index in [2.05, 4.69) is 20.5 Å². The zero-order chi connectivity index (χ0) is 19.6. The van der Waals surface area contributed by atoms with Crippen LogP contribution in [-0.2, 0) is 16.1 Å². The monoisotopic (exact) mass is 374 g/mol. The lowest BCUT2D eigenvalue weighted by Crippen LogP contribution is -2.46. The predicted molar refractivity (Wildman–Crippen MR) is 106 cm³/mol. The number of hydrogen-bond donors (Lipinski definition) is 2. The lowest BCUT2D eigenvalue weighted by Gasteiger charge is -2.33. The quantitative estimate of drug-likeness (QED) is 0.451. The number of rotatable bonds is 6. The maximum Gasteiger partial charge on any atom is 0.308 e. The van der Waals surface area contributed by atoms with Gasteiger partial charge in [0.2, 0.25) is 0 Å². The van der Waals surface area contributed by atoms with Crippen LogP contribution in [0.1, 0.15) is 42.1 Å². The molecule has 1 saturated heterocycles. The van der Waals surface area contributed by atoms with Gasteiger partial charge in [-0.15, -0.1) is 0 Å². The van der Waals surface area contributed by atoms with E-state index in [0.717, 1.165) is 43.9 Å². The summed E-state index contributed by atoms with van der Waals surface area (Å²) in [5.41, 5.74) is 1.68. The summed E-state index contributed by atoms with van der Waals surface area (Å²) in [6.07, 6.45) is 2.44. The fraction of sp³-hybridized carbons (Fsp3) is 0.550. The minimum Gasteiger partial charge on any atom is -0.469 e. The van der Waals surface area contributed by atoms with Crippen LogP contribution >= 0.6 is 0 Å². The Bertz CT molecular complexity index is 667. The molecule has 0 bridgehead atoms. The maximum atomic E-state index is 12.1. The van der Waals surface area contributed by atoms with Crippen molar-refractivity contribution in [2.75, 3.05) is 33.8 Å². The van der Waals surface area contributed by atoms with E-state index in [9.17, 15) is 9.59 Å². The number of nitrogens with zero attached hydrogens (tertiary/aromatic N) is 2. The molecule has 2 N–H and O–H groups in total. The molecule has 1 fully saturated rings. The normalized spacial score (nSPS) is 15.4. The van der Waals surface area contributed by atoms with Gasteiger partial charge >= 0.3 is 5.97 Å². The average Bonchev–Trinajstić information content (AvgIpc) is 2.72. The molecule has 0 atom stereocenters. The standard InChI is InChI=1S/C20H30N4O3/c1-4-10-22-18(25)17-7-5-6-15(13-17)14-23-20(21-2)24-11-8-16(9-12-24)19(26)27-3/h5-7,13,16H,4,8-12,14H2,1-3H3,(H,21,23)(H,22,25). The molecule has 1 heterocycles. The van der Waals surface area contributed by atoms with Crippen molar-refractivity contribution in [1.29, 1.82) is 0 Å². The summed E-state index contributed by atoms with van der Waals surface area (Å²) < 4.78 is 4.84. The number of guanidine groups is 1. The van der Waals surface area contributed by atoms with Crippen LogP contribution in [0.5, 0.6) is 0 Å². The molecule has 0 aliphatic carbocycles. The van der Waals surface area contributed by atoms with Gasteiger partial charge in [-0.3, -0.25) is 14.6 Å². The van der Waals surface area contributed by atoms with E-state index in [-0.39, 0.29) is 17.8 Å². The van der Waals surface area contributed by atoms with E-state index in [1.54, 1.807) is 7.05 Å². The number of esters is 1. The molecule has 1 aliphatic rings. The van der Waals surface area contributed by atoms with E-state index in [0.29, 0.717) is 18.7 Å². The SMILES string of the molecule is CCCNC(=O)c1cccc(CNC(=NC)N2CCC(C(=O)OC)CC2)c1. The fourth-order valence-corrected chi connectivity index (χ4v) is 3.17. The molecular weight excluding hydrogens is 344 g/mol. The number of ether oxygens (including phenoxy) is 1. The zero-order valence-corrected chi connectivity index (χ0v) is 16.5. The van der Waals surface area contributed by atoms with E-state index >= 15 is 0 Å². The minimum absolute atomic E-state index is 0.0253. The summed E-state index contributed by atoms with van der Waals surface area (Å²) in [5, 5.41) is 6.24. The number of nitrogens with one attached hydrogen (secondary N) is 2. The number of aliphatic imine (C=N–C) groups is 1. The highest BCUT2D eigenvalue weighted by Crippen LogP contribution is 2.18. The first kappa shape index (κ1) is 20.7. The van der Waals surface area contributed by atoms with Crippen LogP contribution < -0.4 is 10.6 Å². The highest BCUT2D eigenvalue weighted by Gasteiger charge is 2.26. The summed E-state index contributed by atoms with van der Waals surface area (Å²) >= 11 is 0. The molecule has 1 aromatic rings. The third-order valence-electron chi connectivity index (χ3n) is 4.72. The van der Waals surface area contributed by atoms with Gasteiger partial charge in [0.25, 0.3) is 5.91 Å². The van der Waals surface area contributed by atoms with Gasteiger partial charge in [-0.05, 0) is 37.0 Å². The molecule has 0 unspecified atom stereocenters. The molecule has 27 heavy (non-hydrogen) atoms. The second-order valence-electron chi connectivity index (χ2n) is 6.64. The first-order valence-corrected chi connectivity index (χ1v) is 9.49. The molecule has 2 rings (SSSR count). The number of benzene rings is 1. The van der Waals surface area contributed by atoms with Crippen LogP contribution in [-0.4, -0.2) is 56.5 Å². The van der Waals surface area contributed by atoms with Gasteiger partial charge in [-0.25, -0.2) is 0 Å². The Morgan fingerprint density at radius 1 is 1.26 bits per heavy atom. The van der Waals surface area contributed by atoms with Crippen molar-refractivity contribution < 1.29 is 14.3 Å². The minimum atomic E-state index is -0.129. The Balaban J connectivity index is 1.89. The topological polar surface area (TPSA) is 83.0 Å². The Labute approximate surface area is 161 Å². The van der Waals surface area contributed by atoms with Crippen molar-refractivity contribution in [2.45, 2.75) is 32.7 Å². The van der Waals surface area contributed by atoms with Gasteiger partial charge in [-0.1, -0.05) is 19.1 Å². The second-order valence-corrected chi connectivity index (χ2v) is 6.64. The van der Waals surface area contributed by atoms with Gasteiger partial charge in [0, 0.05) is 38.8 Å². The number of carbonyl (C=O) groups excluding carboxylic acids is 2. The van der Waals surface area contributed by atoms with Crippen molar-refractivity contribution in [3.05, 3.63) is 35.4 Å². The number of piperidine rings is 1. The van der Waals surface area contributed by atoms with E-state index < -0.39 is 0 Å². The van der Waals surface area contributed by atoms with Crippen molar-refractivity contribution >= 4 is 17.8 Å². The number of carbonyl (C=O) groups is 2. The molecular formula is C20H30N4O3. The van der Waals surface area contributed by atoms with Gasteiger partial charge < -0.3 is 20.3 Å². The van der Waals surface area contributed by atoms with Gasteiger partial charge in [0.15, 0.2) is 5.96 Å². The van der Waals surface area contributed by atoms with Crippen molar-refractivity contribution in [3.8, 4) is 0 Å². The second kappa shape index (κ2) is 10.5. The number of amides is 1. The van der Waals surface area contributed by atoms with E-state index in [4.69, 9.17) is 4.74 Å². The predicted octanol–water partition coefficient (Wildman–Crippen LogP) is 1.79. The molecule has 1 amide bonds. The average molecular weight is 374 g/mol. The molecule has 0 aromatic heterocycles. The Hall–Kier alpha value is -2.57. The first-order valence-electron chi connectivity index (χ1n) is 9.49. The lowest BCUT2D eigenvalue weighted by molar-refractivity contribution is -0.146. The number of methoxy groups -OCH3 is 1. The highest BCUT2D eigenvalue weighted by molar-refractivity contribution is 5.94. The van der Waals surface area contributed by atoms with Crippen LogP contribution in [0.2, 0.25) is 0 Å². The van der Waals surface area contributed by atoms with Crippen LogP contribution in [0.3, 0.4) is 0 Å². The fourth-order valence-electron chi connectivity index (χ4n) is 3.17. The molecule has 1 aromatic carbocycles. The van der Waals surface area contributed by atoms with E-state index in [1.165, 1.54) is 7.11 Å². The van der Waals surface area contributed by atoms with Crippen LogP contribution in [0.4, 0.5) is 0 Å². The molecule has 0 radical (unpaired) electrons. The Kier molecular flexibility index (Phi) is 8.10. The Morgan fingerprint density at radius 3 is 2.63 bits per heavy atom. The smallest absolute Gasteiger partial charge is 0.308 e. The van der Waals surface area contributed by atoms with Gasteiger partial charge in [0.05, 0.1) is 13.0 Å².